The molecule has 1 aromatic carbocycles. The van der Waals surface area contributed by atoms with Gasteiger partial charge in [0.2, 0.25) is 0 Å². The normalized spacial score (nSPS) is 11.2. The molecule has 1 aromatic rings. The summed E-state index contributed by atoms with van der Waals surface area (Å²) in [6.07, 6.45) is 0. The van der Waals surface area contributed by atoms with Crippen molar-refractivity contribution in [2.45, 2.75) is 27.4 Å². The Balaban J connectivity index is 3.11. The Bertz CT molecular complexity index is 425. The number of hydrogen-bond acceptors (Lipinski definition) is 3. The lowest BCUT2D eigenvalue weighted by molar-refractivity contribution is -0.0521. The van der Waals surface area contributed by atoms with Gasteiger partial charge in [-0.2, -0.15) is 8.78 Å². The molecule has 0 aliphatic rings. The van der Waals surface area contributed by atoms with E-state index in [4.69, 9.17) is 5.73 Å². The molecule has 0 spiro atoms. The van der Waals surface area contributed by atoms with Gasteiger partial charge in [0.25, 0.3) is 0 Å². The molecule has 1 rings (SSSR count). The SMILES string of the molecule is CCN(CC(C)C)c1cc(OC(F)F)c(F)cc1N. The largest absolute Gasteiger partial charge is 0.432 e. The van der Waals surface area contributed by atoms with E-state index in [9.17, 15) is 13.2 Å². The van der Waals surface area contributed by atoms with Crippen LogP contribution in [0.25, 0.3) is 0 Å². The van der Waals surface area contributed by atoms with Gasteiger partial charge in [-0.05, 0) is 12.8 Å². The quantitative estimate of drug-likeness (QED) is 0.808. The van der Waals surface area contributed by atoms with Crippen molar-refractivity contribution in [1.82, 2.24) is 0 Å². The average Bonchev–Trinajstić information content (AvgIpc) is 2.29. The molecule has 2 N–H and O–H groups in total. The van der Waals surface area contributed by atoms with E-state index < -0.39 is 18.2 Å². The van der Waals surface area contributed by atoms with Crippen LogP contribution in [0.1, 0.15) is 20.8 Å². The highest BCUT2D eigenvalue weighted by Gasteiger charge is 2.17. The van der Waals surface area contributed by atoms with Crippen LogP contribution in [0.15, 0.2) is 12.1 Å². The molecule has 0 aliphatic heterocycles. The minimum Gasteiger partial charge on any atom is -0.432 e. The molecule has 0 saturated heterocycles. The fourth-order valence-corrected chi connectivity index (χ4v) is 1.86. The molecular formula is C13H19F3N2O. The molecule has 0 radical (unpaired) electrons. The first-order chi connectivity index (χ1) is 8.85. The monoisotopic (exact) mass is 276 g/mol. The van der Waals surface area contributed by atoms with Crippen LogP contribution in [0.5, 0.6) is 5.75 Å². The number of halogens is 3. The number of ether oxygens (including phenoxy) is 1. The van der Waals surface area contributed by atoms with Crippen molar-refractivity contribution in [2.24, 2.45) is 5.92 Å². The van der Waals surface area contributed by atoms with E-state index in [1.54, 1.807) is 0 Å². The van der Waals surface area contributed by atoms with Crippen LogP contribution in [0, 0.1) is 11.7 Å². The van der Waals surface area contributed by atoms with Crippen LogP contribution < -0.4 is 15.4 Å². The summed E-state index contributed by atoms with van der Waals surface area (Å²) in [5.41, 5.74) is 6.47. The van der Waals surface area contributed by atoms with Gasteiger partial charge in [-0.25, -0.2) is 4.39 Å². The van der Waals surface area contributed by atoms with Crippen LogP contribution >= 0.6 is 0 Å². The number of nitrogens with two attached hydrogens (primary N) is 1. The maximum absolute atomic E-state index is 13.5. The number of nitrogen functional groups attached to an aromatic ring is 1. The minimum atomic E-state index is -3.06. The lowest BCUT2D eigenvalue weighted by atomic mass is 10.1. The first-order valence-electron chi connectivity index (χ1n) is 6.13. The second-order valence-corrected chi connectivity index (χ2v) is 4.65. The van der Waals surface area contributed by atoms with Crippen molar-refractivity contribution in [1.29, 1.82) is 0 Å². The first kappa shape index (κ1) is 15.5. The molecule has 0 aromatic heterocycles. The van der Waals surface area contributed by atoms with Gasteiger partial charge in [-0.1, -0.05) is 13.8 Å². The molecule has 0 unspecified atom stereocenters. The molecule has 0 bridgehead atoms. The van der Waals surface area contributed by atoms with Crippen LogP contribution in [0.2, 0.25) is 0 Å². The van der Waals surface area contributed by atoms with Crippen molar-refractivity contribution in [3.05, 3.63) is 17.9 Å². The fourth-order valence-electron chi connectivity index (χ4n) is 1.86. The minimum absolute atomic E-state index is 0.210. The molecule has 0 saturated carbocycles. The zero-order chi connectivity index (χ0) is 14.6. The van der Waals surface area contributed by atoms with E-state index in [-0.39, 0.29) is 5.69 Å². The molecule has 3 nitrogen and oxygen atoms in total. The van der Waals surface area contributed by atoms with Crippen molar-refractivity contribution < 1.29 is 17.9 Å². The second-order valence-electron chi connectivity index (χ2n) is 4.65. The van der Waals surface area contributed by atoms with E-state index in [0.29, 0.717) is 24.7 Å². The van der Waals surface area contributed by atoms with E-state index in [0.717, 1.165) is 6.07 Å². The Hall–Kier alpha value is -1.59. The molecule has 0 atom stereocenters. The molecule has 19 heavy (non-hydrogen) atoms. The lowest BCUT2D eigenvalue weighted by Crippen LogP contribution is -2.28. The summed E-state index contributed by atoms with van der Waals surface area (Å²) < 4.78 is 42.0. The number of nitrogens with zero attached hydrogens (tertiary/aromatic N) is 1. The van der Waals surface area contributed by atoms with Crippen LogP contribution in [0.4, 0.5) is 24.5 Å². The summed E-state index contributed by atoms with van der Waals surface area (Å²) in [6.45, 7) is 4.24. The third kappa shape index (κ3) is 4.22. The lowest BCUT2D eigenvalue weighted by Gasteiger charge is -2.27. The van der Waals surface area contributed by atoms with Crippen LogP contribution in [-0.2, 0) is 0 Å². The zero-order valence-corrected chi connectivity index (χ0v) is 11.3. The summed E-state index contributed by atoms with van der Waals surface area (Å²) in [5, 5.41) is 0. The smallest absolute Gasteiger partial charge is 0.387 e. The summed E-state index contributed by atoms with van der Waals surface area (Å²) in [6, 6.07) is 2.23. The van der Waals surface area contributed by atoms with Gasteiger partial charge in [0, 0.05) is 25.2 Å². The third-order valence-electron chi connectivity index (χ3n) is 2.61. The molecule has 0 amide bonds. The predicted octanol–water partition coefficient (Wildman–Crippen LogP) is 3.49. The predicted molar refractivity (Wildman–Crippen MR) is 70.2 cm³/mol. The van der Waals surface area contributed by atoms with Crippen molar-refractivity contribution in [3.8, 4) is 5.75 Å². The number of rotatable bonds is 6. The summed E-state index contributed by atoms with van der Waals surface area (Å²) >= 11 is 0. The molecule has 0 aliphatic carbocycles. The fraction of sp³-hybridized carbons (Fsp3) is 0.538. The average molecular weight is 276 g/mol. The summed E-state index contributed by atoms with van der Waals surface area (Å²) in [5.74, 6) is -1.01. The highest BCUT2D eigenvalue weighted by Crippen LogP contribution is 2.32. The van der Waals surface area contributed by atoms with Gasteiger partial charge in [-0.15, -0.1) is 0 Å². The Kier molecular flexibility index (Phi) is 5.32. The number of anilines is 2. The Morgan fingerprint density at radius 1 is 1.32 bits per heavy atom. The molecule has 0 fully saturated rings. The van der Waals surface area contributed by atoms with E-state index >= 15 is 0 Å². The Morgan fingerprint density at radius 2 is 1.95 bits per heavy atom. The summed E-state index contributed by atoms with van der Waals surface area (Å²) in [4.78, 5) is 1.90. The van der Waals surface area contributed by atoms with Gasteiger partial charge in [-0.3, -0.25) is 0 Å². The molecule has 108 valence electrons. The first-order valence-corrected chi connectivity index (χ1v) is 6.13. The van der Waals surface area contributed by atoms with Gasteiger partial charge in [0.15, 0.2) is 11.6 Å². The molecule has 0 heterocycles. The van der Waals surface area contributed by atoms with E-state index in [2.05, 4.69) is 4.74 Å². The molecule has 6 heteroatoms. The molecular weight excluding hydrogens is 257 g/mol. The Morgan fingerprint density at radius 3 is 2.42 bits per heavy atom. The second kappa shape index (κ2) is 6.54. The number of alkyl halides is 2. The standard InChI is InChI=1S/C13H19F3N2O/c1-4-18(7-8(2)3)11-6-12(19-13(15)16)9(14)5-10(11)17/h5-6,8,13H,4,7,17H2,1-3H3. The highest BCUT2D eigenvalue weighted by molar-refractivity contribution is 5.70. The van der Waals surface area contributed by atoms with E-state index in [1.165, 1.54) is 6.07 Å². The van der Waals surface area contributed by atoms with Gasteiger partial charge >= 0.3 is 6.61 Å². The van der Waals surface area contributed by atoms with Crippen molar-refractivity contribution in [2.75, 3.05) is 23.7 Å². The number of benzene rings is 1. The van der Waals surface area contributed by atoms with Crippen molar-refractivity contribution in [3.63, 3.8) is 0 Å². The topological polar surface area (TPSA) is 38.5 Å². The van der Waals surface area contributed by atoms with Gasteiger partial charge in [0.1, 0.15) is 0 Å². The van der Waals surface area contributed by atoms with Gasteiger partial charge in [0.05, 0.1) is 11.4 Å². The van der Waals surface area contributed by atoms with Crippen LogP contribution in [0.3, 0.4) is 0 Å². The Labute approximate surface area is 111 Å². The maximum atomic E-state index is 13.5. The van der Waals surface area contributed by atoms with Crippen molar-refractivity contribution >= 4 is 11.4 Å². The zero-order valence-electron chi connectivity index (χ0n) is 11.3. The van der Waals surface area contributed by atoms with Crippen LogP contribution in [-0.4, -0.2) is 19.7 Å². The summed E-state index contributed by atoms with van der Waals surface area (Å²) in [7, 11) is 0. The van der Waals surface area contributed by atoms with Gasteiger partial charge < -0.3 is 15.4 Å². The maximum Gasteiger partial charge on any atom is 0.387 e. The highest BCUT2D eigenvalue weighted by atomic mass is 19.3. The van der Waals surface area contributed by atoms with E-state index in [1.807, 2.05) is 25.7 Å². The third-order valence-corrected chi connectivity index (χ3v) is 2.61. The number of hydrogen-bond donors (Lipinski definition) is 1.